The van der Waals surface area contributed by atoms with E-state index in [0.29, 0.717) is 11.1 Å². The molecule has 0 atom stereocenters. The van der Waals surface area contributed by atoms with Crippen molar-refractivity contribution in [1.82, 2.24) is 9.78 Å². The fraction of sp³-hybridized carbons (Fsp3) is 0.0435. The molecule has 0 saturated carbocycles. The molecule has 1 heterocycles. The van der Waals surface area contributed by atoms with Gasteiger partial charge in [0, 0.05) is 11.1 Å². The van der Waals surface area contributed by atoms with Gasteiger partial charge in [-0.3, -0.25) is 4.79 Å². The summed E-state index contributed by atoms with van der Waals surface area (Å²) in [6, 6.07) is 29.2. The van der Waals surface area contributed by atoms with Crippen LogP contribution in [0, 0.1) is 6.92 Å². The van der Waals surface area contributed by atoms with Crippen LogP contribution >= 0.6 is 0 Å². The molecule has 3 nitrogen and oxygen atoms in total. The molecule has 1 aromatic heterocycles. The first-order valence-electron chi connectivity index (χ1n) is 8.56. The van der Waals surface area contributed by atoms with Crippen LogP contribution in [-0.4, -0.2) is 15.6 Å². The summed E-state index contributed by atoms with van der Waals surface area (Å²) in [6.07, 6.45) is 0. The zero-order valence-corrected chi connectivity index (χ0v) is 14.5. The number of aromatic nitrogens is 2. The molecule has 0 radical (unpaired) electrons. The lowest BCUT2D eigenvalue weighted by Crippen LogP contribution is -2.05. The van der Waals surface area contributed by atoms with E-state index in [4.69, 9.17) is 5.10 Å². The molecule has 0 aliphatic heterocycles. The first-order valence-corrected chi connectivity index (χ1v) is 8.56. The Morgan fingerprint density at radius 3 is 1.92 bits per heavy atom. The number of carbonyl (C=O) groups excluding carboxylic acids is 1. The summed E-state index contributed by atoms with van der Waals surface area (Å²) < 4.78 is 1.86. The standard InChI is InChI=1S/C23H18N2O/c1-17-21(23(26)19-13-7-3-8-14-19)22(18-11-5-2-6-12-18)25(24-17)20-15-9-4-10-16-20/h2-16H,1H3. The summed E-state index contributed by atoms with van der Waals surface area (Å²) in [5.74, 6) is -0.0101. The number of benzene rings is 3. The van der Waals surface area contributed by atoms with E-state index in [2.05, 4.69) is 0 Å². The smallest absolute Gasteiger partial charge is 0.197 e. The van der Waals surface area contributed by atoms with Crippen molar-refractivity contribution in [2.45, 2.75) is 6.92 Å². The van der Waals surface area contributed by atoms with Crippen LogP contribution in [0.3, 0.4) is 0 Å². The molecule has 0 aliphatic carbocycles. The first-order chi connectivity index (χ1) is 12.8. The van der Waals surface area contributed by atoms with E-state index in [1.165, 1.54) is 0 Å². The monoisotopic (exact) mass is 338 g/mol. The van der Waals surface area contributed by atoms with Crippen LogP contribution in [0.1, 0.15) is 21.6 Å². The van der Waals surface area contributed by atoms with Crippen molar-refractivity contribution in [1.29, 1.82) is 0 Å². The molecule has 0 saturated heterocycles. The van der Waals surface area contributed by atoms with E-state index in [-0.39, 0.29) is 5.78 Å². The Bertz CT molecular complexity index is 1040. The Balaban J connectivity index is 1.97. The number of para-hydroxylation sites is 1. The van der Waals surface area contributed by atoms with E-state index < -0.39 is 0 Å². The number of rotatable bonds is 4. The van der Waals surface area contributed by atoms with Gasteiger partial charge in [0.15, 0.2) is 5.78 Å². The predicted molar refractivity (Wildman–Crippen MR) is 104 cm³/mol. The Morgan fingerprint density at radius 2 is 1.31 bits per heavy atom. The molecule has 0 bridgehead atoms. The molecule has 0 aliphatic rings. The Morgan fingerprint density at radius 1 is 0.769 bits per heavy atom. The molecule has 4 rings (SSSR count). The maximum atomic E-state index is 13.3. The molecule has 0 unspecified atom stereocenters. The Labute approximate surface area is 152 Å². The van der Waals surface area contributed by atoms with Gasteiger partial charge in [-0.2, -0.15) is 5.10 Å². The molecule has 26 heavy (non-hydrogen) atoms. The van der Waals surface area contributed by atoms with Gasteiger partial charge in [0.2, 0.25) is 0 Å². The fourth-order valence-electron chi connectivity index (χ4n) is 3.15. The van der Waals surface area contributed by atoms with Crippen LogP contribution in [0.15, 0.2) is 91.0 Å². The van der Waals surface area contributed by atoms with Gasteiger partial charge in [0.1, 0.15) is 0 Å². The van der Waals surface area contributed by atoms with E-state index in [1.807, 2.05) is 103 Å². The summed E-state index contributed by atoms with van der Waals surface area (Å²) in [4.78, 5) is 13.3. The average molecular weight is 338 g/mol. The second-order valence-electron chi connectivity index (χ2n) is 6.12. The van der Waals surface area contributed by atoms with Gasteiger partial charge >= 0.3 is 0 Å². The van der Waals surface area contributed by atoms with Crippen molar-refractivity contribution in [2.24, 2.45) is 0 Å². The molecular formula is C23H18N2O. The van der Waals surface area contributed by atoms with Gasteiger partial charge in [-0.05, 0) is 19.1 Å². The van der Waals surface area contributed by atoms with Crippen LogP contribution < -0.4 is 0 Å². The van der Waals surface area contributed by atoms with Crippen LogP contribution in [-0.2, 0) is 0 Å². The second kappa shape index (κ2) is 6.81. The topological polar surface area (TPSA) is 34.9 Å². The highest BCUT2D eigenvalue weighted by atomic mass is 16.1. The van der Waals surface area contributed by atoms with Gasteiger partial charge < -0.3 is 0 Å². The quantitative estimate of drug-likeness (QED) is 0.486. The summed E-state index contributed by atoms with van der Waals surface area (Å²) in [5, 5.41) is 4.70. The summed E-state index contributed by atoms with van der Waals surface area (Å²) in [5.41, 5.74) is 4.76. The van der Waals surface area contributed by atoms with Gasteiger partial charge in [0.05, 0.1) is 22.6 Å². The zero-order chi connectivity index (χ0) is 17.9. The predicted octanol–water partition coefficient (Wildman–Crippen LogP) is 5.08. The molecule has 3 heteroatoms. The highest BCUT2D eigenvalue weighted by Crippen LogP contribution is 2.30. The van der Waals surface area contributed by atoms with Crippen LogP contribution in [0.2, 0.25) is 0 Å². The van der Waals surface area contributed by atoms with Crippen molar-refractivity contribution < 1.29 is 4.79 Å². The third-order valence-electron chi connectivity index (χ3n) is 4.37. The van der Waals surface area contributed by atoms with Crippen molar-refractivity contribution in [2.75, 3.05) is 0 Å². The number of hydrogen-bond donors (Lipinski definition) is 0. The van der Waals surface area contributed by atoms with Gasteiger partial charge in [-0.1, -0.05) is 78.9 Å². The zero-order valence-electron chi connectivity index (χ0n) is 14.5. The molecule has 3 aromatic carbocycles. The number of nitrogens with zero attached hydrogens (tertiary/aromatic N) is 2. The van der Waals surface area contributed by atoms with E-state index in [9.17, 15) is 4.79 Å². The van der Waals surface area contributed by atoms with Crippen LogP contribution in [0.5, 0.6) is 0 Å². The molecule has 0 amide bonds. The third kappa shape index (κ3) is 2.84. The van der Waals surface area contributed by atoms with Crippen molar-refractivity contribution in [3.8, 4) is 16.9 Å². The first kappa shape index (κ1) is 16.0. The van der Waals surface area contributed by atoms with Gasteiger partial charge in [-0.15, -0.1) is 0 Å². The van der Waals surface area contributed by atoms with Gasteiger partial charge in [-0.25, -0.2) is 4.68 Å². The molecule has 0 fully saturated rings. The maximum absolute atomic E-state index is 13.3. The van der Waals surface area contributed by atoms with E-state index >= 15 is 0 Å². The second-order valence-corrected chi connectivity index (χ2v) is 6.12. The molecule has 0 N–H and O–H groups in total. The Hall–Kier alpha value is -3.46. The summed E-state index contributed by atoms with van der Waals surface area (Å²) in [6.45, 7) is 1.89. The minimum Gasteiger partial charge on any atom is -0.288 e. The lowest BCUT2D eigenvalue weighted by atomic mass is 9.98. The highest BCUT2D eigenvalue weighted by molar-refractivity contribution is 6.13. The van der Waals surface area contributed by atoms with Crippen molar-refractivity contribution in [3.05, 3.63) is 108 Å². The third-order valence-corrected chi connectivity index (χ3v) is 4.37. The van der Waals surface area contributed by atoms with Crippen molar-refractivity contribution in [3.63, 3.8) is 0 Å². The number of aryl methyl sites for hydroxylation is 1. The van der Waals surface area contributed by atoms with Crippen molar-refractivity contribution >= 4 is 5.78 Å². The number of carbonyl (C=O) groups is 1. The lowest BCUT2D eigenvalue weighted by Gasteiger charge is -2.10. The van der Waals surface area contributed by atoms with Gasteiger partial charge in [0.25, 0.3) is 0 Å². The van der Waals surface area contributed by atoms with E-state index in [1.54, 1.807) is 0 Å². The minimum absolute atomic E-state index is 0.0101. The SMILES string of the molecule is Cc1nn(-c2ccccc2)c(-c2ccccc2)c1C(=O)c1ccccc1. The number of hydrogen-bond acceptors (Lipinski definition) is 2. The molecular weight excluding hydrogens is 320 g/mol. The molecule has 0 spiro atoms. The largest absolute Gasteiger partial charge is 0.288 e. The summed E-state index contributed by atoms with van der Waals surface area (Å²) in [7, 11) is 0. The fourth-order valence-corrected chi connectivity index (χ4v) is 3.15. The maximum Gasteiger partial charge on any atom is 0.197 e. The number of ketones is 1. The van der Waals surface area contributed by atoms with Crippen LogP contribution in [0.4, 0.5) is 0 Å². The Kier molecular flexibility index (Phi) is 4.20. The lowest BCUT2D eigenvalue weighted by molar-refractivity contribution is 0.103. The average Bonchev–Trinajstić information content (AvgIpc) is 3.06. The van der Waals surface area contributed by atoms with Crippen LogP contribution in [0.25, 0.3) is 16.9 Å². The molecule has 126 valence electrons. The highest BCUT2D eigenvalue weighted by Gasteiger charge is 2.24. The normalized spacial score (nSPS) is 10.7. The molecule has 4 aromatic rings. The van der Waals surface area contributed by atoms with E-state index in [0.717, 1.165) is 22.6 Å². The minimum atomic E-state index is -0.0101. The summed E-state index contributed by atoms with van der Waals surface area (Å²) >= 11 is 0.